The summed E-state index contributed by atoms with van der Waals surface area (Å²) >= 11 is 0. The van der Waals surface area contributed by atoms with Crippen LogP contribution in [0.25, 0.3) is 0 Å². The lowest BCUT2D eigenvalue weighted by Gasteiger charge is -2.23. The topological polar surface area (TPSA) is 52.6 Å². The van der Waals surface area contributed by atoms with Crippen molar-refractivity contribution >= 4 is 0 Å². The molecule has 0 aromatic rings. The third-order valence-corrected chi connectivity index (χ3v) is 5.44. The fourth-order valence-corrected chi connectivity index (χ4v) is 3.55. The van der Waals surface area contributed by atoms with Crippen molar-refractivity contribution < 1.29 is 23.7 Å². The van der Waals surface area contributed by atoms with E-state index in [1.165, 1.54) is 0 Å². The quantitative estimate of drug-likeness (QED) is 0.581. The van der Waals surface area contributed by atoms with Gasteiger partial charge < -0.3 is 23.7 Å². The van der Waals surface area contributed by atoms with Crippen LogP contribution in [-0.2, 0) is 23.7 Å². The Morgan fingerprint density at radius 3 is 1.42 bits per heavy atom. The van der Waals surface area contributed by atoms with Crippen molar-refractivity contribution in [2.24, 2.45) is 0 Å². The van der Waals surface area contributed by atoms with Crippen LogP contribution in [0.5, 0.6) is 0 Å². The van der Waals surface area contributed by atoms with Crippen LogP contribution in [0, 0.1) is 0 Å². The van der Waals surface area contributed by atoms with Gasteiger partial charge in [0.15, 0.2) is 0 Å². The SMILES string of the molecule is C1=CCC(OCCN2CCOCCOCCN(CCOC3=CC=CC3)CCOCC2)=C1. The Bertz CT molecular complexity index is 565. The van der Waals surface area contributed by atoms with E-state index in [9.17, 15) is 0 Å². The Labute approximate surface area is 186 Å². The molecule has 3 rings (SSSR count). The summed E-state index contributed by atoms with van der Waals surface area (Å²) in [5.41, 5.74) is 0. The number of nitrogens with zero attached hydrogens (tertiary/aromatic N) is 2. The van der Waals surface area contributed by atoms with Crippen molar-refractivity contribution in [1.82, 2.24) is 9.80 Å². The van der Waals surface area contributed by atoms with Gasteiger partial charge in [0.2, 0.25) is 0 Å². The molecule has 7 nitrogen and oxygen atoms in total. The van der Waals surface area contributed by atoms with Gasteiger partial charge in [-0.1, -0.05) is 24.3 Å². The van der Waals surface area contributed by atoms with Gasteiger partial charge in [0.1, 0.15) is 13.2 Å². The average molecular weight is 435 g/mol. The summed E-state index contributed by atoms with van der Waals surface area (Å²) in [5.74, 6) is 2.10. The molecule has 0 spiro atoms. The predicted octanol–water partition coefficient (Wildman–Crippen LogP) is 2.37. The number of hydrogen-bond acceptors (Lipinski definition) is 7. The van der Waals surface area contributed by atoms with Crippen LogP contribution in [0.15, 0.2) is 48.0 Å². The summed E-state index contributed by atoms with van der Waals surface area (Å²) in [6.07, 6.45) is 14.2. The molecule has 174 valence electrons. The summed E-state index contributed by atoms with van der Waals surface area (Å²) in [7, 11) is 0. The molecule has 1 saturated heterocycles. The van der Waals surface area contributed by atoms with E-state index in [0.29, 0.717) is 52.9 Å². The normalized spacial score (nSPS) is 22.6. The molecule has 31 heavy (non-hydrogen) atoms. The van der Waals surface area contributed by atoms with Gasteiger partial charge in [0.25, 0.3) is 0 Å². The molecule has 0 amide bonds. The van der Waals surface area contributed by atoms with Crippen LogP contribution in [0.1, 0.15) is 12.8 Å². The molecule has 7 heteroatoms. The molecule has 2 aliphatic carbocycles. The second-order valence-electron chi connectivity index (χ2n) is 7.75. The highest BCUT2D eigenvalue weighted by Gasteiger charge is 2.10. The number of hydrogen-bond donors (Lipinski definition) is 0. The molecule has 0 N–H and O–H groups in total. The van der Waals surface area contributed by atoms with Crippen LogP contribution in [-0.4, -0.2) is 102 Å². The van der Waals surface area contributed by atoms with Gasteiger partial charge in [-0.3, -0.25) is 9.80 Å². The van der Waals surface area contributed by atoms with Gasteiger partial charge in [0, 0.05) is 52.1 Å². The number of allylic oxidation sites excluding steroid dienone is 6. The first-order valence-electron chi connectivity index (χ1n) is 11.5. The predicted molar refractivity (Wildman–Crippen MR) is 121 cm³/mol. The lowest BCUT2D eigenvalue weighted by atomic mass is 10.4. The molecular formula is C24H38N2O5. The zero-order valence-electron chi connectivity index (χ0n) is 18.7. The van der Waals surface area contributed by atoms with Gasteiger partial charge in [-0.25, -0.2) is 0 Å². The lowest BCUT2D eigenvalue weighted by molar-refractivity contribution is 0.0287. The maximum Gasteiger partial charge on any atom is 0.100 e. The van der Waals surface area contributed by atoms with E-state index in [1.807, 2.05) is 24.3 Å². The Morgan fingerprint density at radius 1 is 0.613 bits per heavy atom. The maximum absolute atomic E-state index is 5.94. The maximum atomic E-state index is 5.94. The van der Waals surface area contributed by atoms with Crippen molar-refractivity contribution in [3.8, 4) is 0 Å². The van der Waals surface area contributed by atoms with Crippen LogP contribution in [0.4, 0.5) is 0 Å². The molecule has 3 aliphatic rings. The first-order valence-corrected chi connectivity index (χ1v) is 11.5. The van der Waals surface area contributed by atoms with E-state index in [2.05, 4.69) is 22.0 Å². The zero-order valence-corrected chi connectivity index (χ0v) is 18.7. The van der Waals surface area contributed by atoms with Crippen molar-refractivity contribution in [2.75, 3.05) is 92.1 Å². The molecule has 0 unspecified atom stereocenters. The third kappa shape index (κ3) is 10.5. The van der Waals surface area contributed by atoms with E-state index in [1.54, 1.807) is 0 Å². The van der Waals surface area contributed by atoms with E-state index in [-0.39, 0.29) is 0 Å². The fraction of sp³-hybridized carbons (Fsp3) is 0.667. The van der Waals surface area contributed by atoms with E-state index in [0.717, 1.165) is 63.6 Å². The second kappa shape index (κ2) is 15.2. The Kier molecular flexibility index (Phi) is 11.8. The molecule has 0 bridgehead atoms. The number of rotatable bonds is 8. The molecule has 0 saturated carbocycles. The van der Waals surface area contributed by atoms with Crippen molar-refractivity contribution in [3.63, 3.8) is 0 Å². The van der Waals surface area contributed by atoms with Crippen molar-refractivity contribution in [3.05, 3.63) is 48.0 Å². The van der Waals surface area contributed by atoms with Gasteiger partial charge in [0.05, 0.1) is 51.2 Å². The zero-order chi connectivity index (χ0) is 21.4. The summed E-state index contributed by atoms with van der Waals surface area (Å²) in [6, 6.07) is 0. The van der Waals surface area contributed by atoms with Crippen LogP contribution < -0.4 is 0 Å². The molecule has 0 radical (unpaired) electrons. The second-order valence-corrected chi connectivity index (χ2v) is 7.75. The highest BCUT2D eigenvalue weighted by atomic mass is 16.5. The highest BCUT2D eigenvalue weighted by Crippen LogP contribution is 2.12. The molecule has 1 heterocycles. The van der Waals surface area contributed by atoms with Crippen LogP contribution in [0.2, 0.25) is 0 Å². The first kappa shape index (κ1) is 24.0. The number of ether oxygens (including phenoxy) is 5. The fourth-order valence-electron chi connectivity index (χ4n) is 3.55. The van der Waals surface area contributed by atoms with E-state index in [4.69, 9.17) is 23.7 Å². The smallest absolute Gasteiger partial charge is 0.100 e. The molecule has 0 atom stereocenters. The summed E-state index contributed by atoms with van der Waals surface area (Å²) < 4.78 is 29.1. The molecule has 0 aromatic carbocycles. The van der Waals surface area contributed by atoms with Crippen molar-refractivity contribution in [2.45, 2.75) is 12.8 Å². The van der Waals surface area contributed by atoms with Crippen LogP contribution >= 0.6 is 0 Å². The van der Waals surface area contributed by atoms with Crippen molar-refractivity contribution in [1.29, 1.82) is 0 Å². The van der Waals surface area contributed by atoms with E-state index >= 15 is 0 Å². The Morgan fingerprint density at radius 2 is 1.03 bits per heavy atom. The van der Waals surface area contributed by atoms with Gasteiger partial charge in [-0.05, 0) is 12.2 Å². The molecule has 0 aromatic heterocycles. The largest absolute Gasteiger partial charge is 0.496 e. The minimum Gasteiger partial charge on any atom is -0.496 e. The lowest BCUT2D eigenvalue weighted by Crippen LogP contribution is -2.35. The highest BCUT2D eigenvalue weighted by molar-refractivity contribution is 5.18. The first-order chi connectivity index (χ1) is 15.4. The minimum absolute atomic E-state index is 0.629. The van der Waals surface area contributed by atoms with Gasteiger partial charge in [-0.2, -0.15) is 0 Å². The summed E-state index contributed by atoms with van der Waals surface area (Å²) in [6.45, 7) is 10.7. The molecular weight excluding hydrogens is 396 g/mol. The van der Waals surface area contributed by atoms with Gasteiger partial charge >= 0.3 is 0 Å². The van der Waals surface area contributed by atoms with Crippen LogP contribution in [0.3, 0.4) is 0 Å². The Hall–Kier alpha value is -1.64. The monoisotopic (exact) mass is 434 g/mol. The minimum atomic E-state index is 0.629. The molecule has 1 aliphatic heterocycles. The van der Waals surface area contributed by atoms with Gasteiger partial charge in [-0.15, -0.1) is 0 Å². The standard InChI is InChI=1S/C24H38N2O5/c1-2-6-23(5-1)30-19-13-25-9-15-27-16-10-26(12-18-29-22-21-28-17-11-25)14-20-31-24-7-3-4-8-24/h1-5,7H,6,8-22H2. The summed E-state index contributed by atoms with van der Waals surface area (Å²) in [5, 5.41) is 0. The van der Waals surface area contributed by atoms with E-state index < -0.39 is 0 Å². The average Bonchev–Trinajstić information content (AvgIpc) is 3.48. The summed E-state index contributed by atoms with van der Waals surface area (Å²) in [4.78, 5) is 4.69. The Balaban J connectivity index is 1.35. The molecule has 1 fully saturated rings. The third-order valence-electron chi connectivity index (χ3n) is 5.44.